The number of nitrogens with zero attached hydrogens (tertiary/aromatic N) is 4. The Balaban J connectivity index is 1.06. The van der Waals surface area contributed by atoms with Crippen molar-refractivity contribution in [2.75, 3.05) is 57.7 Å². The van der Waals surface area contributed by atoms with E-state index in [1.54, 1.807) is 10.4 Å². The molecule has 0 unspecified atom stereocenters. The van der Waals surface area contributed by atoms with Crippen molar-refractivity contribution in [3.63, 3.8) is 0 Å². The first-order valence-electron chi connectivity index (χ1n) is 18.4. The monoisotopic (exact) mass is 700 g/mol. The van der Waals surface area contributed by atoms with Crippen LogP contribution < -0.4 is 21.7 Å². The van der Waals surface area contributed by atoms with Gasteiger partial charge in [0.2, 0.25) is 0 Å². The minimum Gasteiger partial charge on any atom is -0.509 e. The van der Waals surface area contributed by atoms with Gasteiger partial charge in [-0.2, -0.15) is 0 Å². The zero-order chi connectivity index (χ0) is 36.1. The summed E-state index contributed by atoms with van der Waals surface area (Å²) in [4.78, 5) is 59.8. The van der Waals surface area contributed by atoms with Crippen LogP contribution in [-0.4, -0.2) is 134 Å². The molecule has 3 saturated heterocycles. The first-order valence-corrected chi connectivity index (χ1v) is 18.4. The summed E-state index contributed by atoms with van der Waals surface area (Å²) in [5, 5.41) is 22.2. The van der Waals surface area contributed by atoms with Crippen molar-refractivity contribution in [3.8, 4) is 5.75 Å². The molecule has 2 aromatic rings. The SMILES string of the molecule is Bc1cc(C[C@@H](OC(=O)N2CCC(N3CCc4ccccc4NC3=O)CC2)C(=O)N2CCC(C3CCN(CC(=O)NO)CC3)CC2)cc(B)c1O. The second-order valence-electron chi connectivity index (χ2n) is 14.7. The summed E-state index contributed by atoms with van der Waals surface area (Å²) in [6, 6.07) is 11.4. The van der Waals surface area contributed by atoms with Crippen molar-refractivity contribution in [2.24, 2.45) is 11.8 Å². The number of urea groups is 1. The number of rotatable bonds is 8. The van der Waals surface area contributed by atoms with Crippen molar-refractivity contribution in [2.45, 2.75) is 63.5 Å². The number of hydroxylamine groups is 1. The van der Waals surface area contributed by atoms with Crippen LogP contribution in [0.1, 0.15) is 49.7 Å². The highest BCUT2D eigenvalue weighted by molar-refractivity contribution is 6.41. The largest absolute Gasteiger partial charge is 0.509 e. The predicted molar refractivity (Wildman–Crippen MR) is 197 cm³/mol. The summed E-state index contributed by atoms with van der Waals surface area (Å²) >= 11 is 0. The fourth-order valence-electron chi connectivity index (χ4n) is 8.47. The fraction of sp³-hybridized carbons (Fsp3) is 0.556. The van der Waals surface area contributed by atoms with Crippen LogP contribution >= 0.6 is 0 Å². The molecule has 6 rings (SSSR count). The Bertz CT molecular complexity index is 1570. The number of anilines is 1. The molecule has 1 atom stereocenters. The number of carbonyl (C=O) groups is 4. The van der Waals surface area contributed by atoms with Gasteiger partial charge in [-0.1, -0.05) is 30.3 Å². The average Bonchev–Trinajstić information content (AvgIpc) is 3.31. The summed E-state index contributed by atoms with van der Waals surface area (Å²) in [5.74, 6) is 0.615. The Morgan fingerprint density at radius 1 is 0.882 bits per heavy atom. The minimum atomic E-state index is -1.01. The van der Waals surface area contributed by atoms with Crippen LogP contribution in [0.2, 0.25) is 0 Å². The molecule has 0 spiro atoms. The number of aromatic hydroxyl groups is 1. The Morgan fingerprint density at radius 2 is 1.49 bits per heavy atom. The molecule has 4 aliphatic rings. The molecular weight excluding hydrogens is 650 g/mol. The number of nitrogens with one attached hydrogen (secondary N) is 2. The van der Waals surface area contributed by atoms with Gasteiger partial charge in [0.05, 0.1) is 6.54 Å². The van der Waals surface area contributed by atoms with Crippen molar-refractivity contribution in [1.82, 2.24) is 25.1 Å². The summed E-state index contributed by atoms with van der Waals surface area (Å²) < 4.78 is 6.06. The molecule has 272 valence electrons. The number of phenols is 1. The van der Waals surface area contributed by atoms with Crippen LogP contribution in [0.15, 0.2) is 36.4 Å². The third-order valence-corrected chi connectivity index (χ3v) is 11.4. The number of ether oxygens (including phenoxy) is 1. The number of amides is 5. The second kappa shape index (κ2) is 16.4. The van der Waals surface area contributed by atoms with Crippen molar-refractivity contribution in [3.05, 3.63) is 47.5 Å². The van der Waals surface area contributed by atoms with E-state index in [1.807, 2.05) is 61.9 Å². The van der Waals surface area contributed by atoms with E-state index in [9.17, 15) is 24.3 Å². The molecule has 2 aromatic carbocycles. The zero-order valence-electron chi connectivity index (χ0n) is 29.8. The van der Waals surface area contributed by atoms with Gasteiger partial charge in [-0.3, -0.25) is 19.7 Å². The first kappa shape index (κ1) is 36.6. The Kier molecular flexibility index (Phi) is 11.8. The molecule has 3 fully saturated rings. The smallest absolute Gasteiger partial charge is 0.410 e. The number of hydrogen-bond donors (Lipinski definition) is 4. The normalized spacial score (nSPS) is 20.3. The van der Waals surface area contributed by atoms with Gasteiger partial charge in [-0.15, -0.1) is 0 Å². The third kappa shape index (κ3) is 8.81. The molecule has 13 nitrogen and oxygen atoms in total. The number of likely N-dealkylation sites (tertiary alicyclic amines) is 3. The average molecular weight is 700 g/mol. The fourth-order valence-corrected chi connectivity index (χ4v) is 8.47. The highest BCUT2D eigenvalue weighted by Gasteiger charge is 2.37. The van der Waals surface area contributed by atoms with Crippen LogP contribution in [0.5, 0.6) is 5.75 Å². The van der Waals surface area contributed by atoms with Gasteiger partial charge in [0.25, 0.3) is 11.8 Å². The van der Waals surface area contributed by atoms with Crippen LogP contribution in [0, 0.1) is 11.8 Å². The molecule has 0 aromatic heterocycles. The van der Waals surface area contributed by atoms with E-state index in [2.05, 4.69) is 10.2 Å². The molecule has 4 heterocycles. The van der Waals surface area contributed by atoms with Gasteiger partial charge >= 0.3 is 12.1 Å². The number of carbonyl (C=O) groups excluding carboxylic acids is 4. The van der Waals surface area contributed by atoms with Gasteiger partial charge in [-0.05, 0) is 98.0 Å². The lowest BCUT2D eigenvalue weighted by molar-refractivity contribution is -0.142. The highest BCUT2D eigenvalue weighted by Crippen LogP contribution is 2.33. The van der Waals surface area contributed by atoms with E-state index in [1.165, 1.54) is 0 Å². The molecule has 4 aliphatic heterocycles. The standard InChI is InChI=1S/C36H50B2N6O7/c37-28-19-23(20-29(38)33(28)46)21-31(34(47)42-14-7-25(8-15-42)24-5-12-41(13-6-24)22-32(45)40-50)51-36(49)43-16-10-27(11-17-43)44-18-9-26-3-1-2-4-30(26)39-35(44)48/h1-4,19-20,24-25,27,31,46,50H,5-18,21-22,37-38H2,(H,39,48)(H,40,45)/t31-/m1/s1. The number of fused-ring (bicyclic) bond motifs is 1. The molecule has 51 heavy (non-hydrogen) atoms. The number of hydrogen-bond acceptors (Lipinski definition) is 8. The quantitative estimate of drug-likeness (QED) is 0.170. The Morgan fingerprint density at radius 3 is 2.14 bits per heavy atom. The molecular formula is C36H50B2N6O7. The summed E-state index contributed by atoms with van der Waals surface area (Å²) in [5.41, 5.74) is 5.89. The molecule has 0 saturated carbocycles. The lowest BCUT2D eigenvalue weighted by Crippen LogP contribution is -2.52. The number of phenolic OH excluding ortho intramolecular Hbond substituents is 1. The van der Waals surface area contributed by atoms with E-state index in [0.717, 1.165) is 62.0 Å². The van der Waals surface area contributed by atoms with E-state index in [0.29, 0.717) is 68.3 Å². The second-order valence-corrected chi connectivity index (χ2v) is 14.7. The maximum Gasteiger partial charge on any atom is 0.410 e. The van der Waals surface area contributed by atoms with Crippen LogP contribution in [-0.2, 0) is 27.2 Å². The maximum absolute atomic E-state index is 14.1. The van der Waals surface area contributed by atoms with Gasteiger partial charge in [0.1, 0.15) is 21.4 Å². The van der Waals surface area contributed by atoms with E-state index in [4.69, 9.17) is 9.94 Å². The van der Waals surface area contributed by atoms with E-state index >= 15 is 0 Å². The molecule has 0 radical (unpaired) electrons. The lowest BCUT2D eigenvalue weighted by atomic mass is 9.78. The van der Waals surface area contributed by atoms with Crippen LogP contribution in [0.3, 0.4) is 0 Å². The lowest BCUT2D eigenvalue weighted by Gasteiger charge is -2.41. The predicted octanol–water partition coefficient (Wildman–Crippen LogP) is -0.0327. The number of benzene rings is 2. The van der Waals surface area contributed by atoms with Gasteiger partial charge in [0, 0.05) is 50.9 Å². The third-order valence-electron chi connectivity index (χ3n) is 11.4. The van der Waals surface area contributed by atoms with Gasteiger partial charge < -0.3 is 29.9 Å². The molecule has 4 N–H and O–H groups in total. The summed E-state index contributed by atoms with van der Waals surface area (Å²) in [6.07, 6.45) is 4.37. The van der Waals surface area contributed by atoms with Gasteiger partial charge in [0.15, 0.2) is 6.10 Å². The summed E-state index contributed by atoms with van der Waals surface area (Å²) in [6.45, 7) is 4.44. The van der Waals surface area contributed by atoms with E-state index in [-0.39, 0.29) is 36.7 Å². The zero-order valence-corrected chi connectivity index (χ0v) is 29.8. The molecule has 5 amide bonds. The molecule has 15 heteroatoms. The van der Waals surface area contributed by atoms with Crippen LogP contribution in [0.25, 0.3) is 0 Å². The van der Waals surface area contributed by atoms with Crippen molar-refractivity contribution < 1.29 is 34.2 Å². The maximum atomic E-state index is 14.1. The first-order chi connectivity index (χ1) is 24.6. The number of piperidine rings is 3. The topological polar surface area (TPSA) is 155 Å². The molecule has 0 aliphatic carbocycles. The summed E-state index contributed by atoms with van der Waals surface area (Å²) in [7, 11) is 3.64. The van der Waals surface area contributed by atoms with Crippen molar-refractivity contribution >= 4 is 56.2 Å². The van der Waals surface area contributed by atoms with Gasteiger partial charge in [-0.25, -0.2) is 15.1 Å². The van der Waals surface area contributed by atoms with Crippen LogP contribution in [0.4, 0.5) is 15.3 Å². The van der Waals surface area contributed by atoms with E-state index < -0.39 is 18.1 Å². The van der Waals surface area contributed by atoms with Crippen molar-refractivity contribution in [1.29, 1.82) is 0 Å². The Hall–Kier alpha value is -4.23. The molecule has 0 bridgehead atoms. The number of para-hydroxylation sites is 1. The highest BCUT2D eigenvalue weighted by atomic mass is 16.6. The Labute approximate surface area is 301 Å². The minimum absolute atomic E-state index is 0.00249.